The van der Waals surface area contributed by atoms with Crippen molar-refractivity contribution in [2.75, 3.05) is 12.9 Å². The molecule has 9 heteroatoms. The molecule has 1 aromatic rings. The number of hydrogen-bond donors (Lipinski definition) is 3. The fourth-order valence-corrected chi connectivity index (χ4v) is 4.53. The van der Waals surface area contributed by atoms with Crippen molar-refractivity contribution >= 4 is 29.5 Å². The Labute approximate surface area is 153 Å². The molecule has 3 N–H and O–H groups in total. The van der Waals surface area contributed by atoms with E-state index < -0.39 is 41.0 Å². The Morgan fingerprint density at radius 3 is 2.65 bits per heavy atom. The fraction of sp³-hybridized carbons (Fsp3) is 0.353. The van der Waals surface area contributed by atoms with E-state index in [0.717, 1.165) is 4.90 Å². The second kappa shape index (κ2) is 6.75. The summed E-state index contributed by atoms with van der Waals surface area (Å²) in [4.78, 5) is 37.8. The van der Waals surface area contributed by atoms with E-state index in [2.05, 4.69) is 11.9 Å². The predicted octanol–water partition coefficient (Wildman–Crippen LogP) is 0.103. The molecule has 3 unspecified atom stereocenters. The number of aliphatic hydroxyl groups excluding tert-OH is 1. The van der Waals surface area contributed by atoms with Crippen LogP contribution in [0.15, 0.2) is 42.5 Å². The SMILES string of the molecule is C=C1CS[C@@H]2N(C(=O)C2(NC(=O)C(O)c2ccccc2)OC)C1C(=O)O. The number of thioether (sulfide) groups is 1. The zero-order valence-corrected chi connectivity index (χ0v) is 14.7. The minimum Gasteiger partial charge on any atom is -0.479 e. The van der Waals surface area contributed by atoms with Gasteiger partial charge in [0.2, 0.25) is 0 Å². The van der Waals surface area contributed by atoms with Crippen molar-refractivity contribution in [3.63, 3.8) is 0 Å². The number of fused-ring (bicyclic) bond motifs is 1. The van der Waals surface area contributed by atoms with Crippen LogP contribution in [0.1, 0.15) is 11.7 Å². The number of carboxylic acids is 1. The highest BCUT2D eigenvalue weighted by Gasteiger charge is 2.68. The number of nitrogens with zero attached hydrogens (tertiary/aromatic N) is 1. The second-order valence-electron chi connectivity index (χ2n) is 6.02. The van der Waals surface area contributed by atoms with Crippen molar-refractivity contribution in [3.05, 3.63) is 48.0 Å². The van der Waals surface area contributed by atoms with Gasteiger partial charge in [-0.25, -0.2) is 4.79 Å². The van der Waals surface area contributed by atoms with Gasteiger partial charge in [-0.15, -0.1) is 11.8 Å². The number of hydrogen-bond acceptors (Lipinski definition) is 6. The van der Waals surface area contributed by atoms with Crippen LogP contribution in [0.25, 0.3) is 0 Å². The topological polar surface area (TPSA) is 116 Å². The number of aliphatic carboxylic acids is 1. The standard InChI is InChI=1S/C17H18N2O6S/c1-9-8-26-16-17(25-2,15(24)19(16)11(9)14(22)23)18-13(21)12(20)10-6-4-3-5-7-10/h3-7,11-12,16,20H,1,8H2,2H3,(H,18,21)(H,22,23)/t11?,12?,16-,17?/m0/s1. The lowest BCUT2D eigenvalue weighted by atomic mass is 9.94. The largest absolute Gasteiger partial charge is 0.479 e. The Bertz CT molecular complexity index is 770. The summed E-state index contributed by atoms with van der Waals surface area (Å²) < 4.78 is 5.30. The van der Waals surface area contributed by atoms with Crippen LogP contribution in [0.3, 0.4) is 0 Å². The average Bonchev–Trinajstić information content (AvgIpc) is 2.65. The lowest BCUT2D eigenvalue weighted by molar-refractivity contribution is -0.203. The van der Waals surface area contributed by atoms with Gasteiger partial charge in [0.05, 0.1) is 0 Å². The van der Waals surface area contributed by atoms with Gasteiger partial charge in [0.25, 0.3) is 17.5 Å². The van der Waals surface area contributed by atoms with E-state index >= 15 is 0 Å². The highest BCUT2D eigenvalue weighted by atomic mass is 32.2. The van der Waals surface area contributed by atoms with Gasteiger partial charge < -0.3 is 25.2 Å². The summed E-state index contributed by atoms with van der Waals surface area (Å²) in [5.41, 5.74) is -0.952. The number of aliphatic hydroxyl groups is 1. The van der Waals surface area contributed by atoms with Gasteiger partial charge in [-0.05, 0) is 11.1 Å². The lowest BCUT2D eigenvalue weighted by Gasteiger charge is -2.58. The highest BCUT2D eigenvalue weighted by Crippen LogP contribution is 2.46. The quantitative estimate of drug-likeness (QED) is 0.378. The summed E-state index contributed by atoms with van der Waals surface area (Å²) in [5.74, 6) is -2.36. The molecule has 138 valence electrons. The van der Waals surface area contributed by atoms with Crippen molar-refractivity contribution in [2.24, 2.45) is 0 Å². The molecule has 0 aliphatic carbocycles. The van der Waals surface area contributed by atoms with Crippen LogP contribution < -0.4 is 5.32 Å². The summed E-state index contributed by atoms with van der Waals surface area (Å²) in [5, 5.41) is 21.3. The van der Waals surface area contributed by atoms with Crippen molar-refractivity contribution < 1.29 is 29.3 Å². The molecule has 2 amide bonds. The van der Waals surface area contributed by atoms with Gasteiger partial charge in [-0.3, -0.25) is 9.59 Å². The molecule has 2 heterocycles. The fourth-order valence-electron chi connectivity index (χ4n) is 3.13. The Kier molecular flexibility index (Phi) is 4.78. The number of carbonyl (C=O) groups is 3. The van der Waals surface area contributed by atoms with Crippen LogP contribution in [-0.2, 0) is 19.1 Å². The van der Waals surface area contributed by atoms with Crippen LogP contribution in [-0.4, -0.2) is 62.9 Å². The third-order valence-corrected chi connectivity index (χ3v) is 5.88. The minimum atomic E-state index is -1.72. The molecular formula is C17H18N2O6S. The normalized spacial score (nSPS) is 28.8. The number of methoxy groups -OCH3 is 1. The number of amides is 2. The lowest BCUT2D eigenvalue weighted by Crippen LogP contribution is -2.83. The van der Waals surface area contributed by atoms with Gasteiger partial charge in [0.15, 0.2) is 12.1 Å². The molecule has 0 bridgehead atoms. The Morgan fingerprint density at radius 1 is 1.42 bits per heavy atom. The first kappa shape index (κ1) is 18.4. The molecule has 0 spiro atoms. The molecule has 26 heavy (non-hydrogen) atoms. The molecule has 4 atom stereocenters. The van der Waals surface area contributed by atoms with E-state index in [4.69, 9.17) is 4.74 Å². The number of rotatable bonds is 5. The van der Waals surface area contributed by atoms with Gasteiger partial charge in [0, 0.05) is 12.9 Å². The van der Waals surface area contributed by atoms with Gasteiger partial charge in [-0.1, -0.05) is 36.9 Å². The van der Waals surface area contributed by atoms with Crippen molar-refractivity contribution in [1.29, 1.82) is 0 Å². The Morgan fingerprint density at radius 2 is 2.08 bits per heavy atom. The molecule has 2 aliphatic rings. The van der Waals surface area contributed by atoms with E-state index in [1.165, 1.54) is 18.9 Å². The first-order valence-corrected chi connectivity index (χ1v) is 8.83. The number of carboxylic acid groups (broad SMARTS) is 1. The van der Waals surface area contributed by atoms with Crippen molar-refractivity contribution in [2.45, 2.75) is 23.2 Å². The molecule has 0 saturated carbocycles. The van der Waals surface area contributed by atoms with Crippen molar-refractivity contribution in [1.82, 2.24) is 10.2 Å². The first-order valence-electron chi connectivity index (χ1n) is 7.78. The second-order valence-corrected chi connectivity index (χ2v) is 7.09. The maximum atomic E-state index is 12.7. The number of carbonyl (C=O) groups excluding carboxylic acids is 2. The van der Waals surface area contributed by atoms with Crippen LogP contribution in [0.5, 0.6) is 0 Å². The minimum absolute atomic E-state index is 0.313. The maximum absolute atomic E-state index is 12.7. The van der Waals surface area contributed by atoms with Crippen LogP contribution in [0, 0.1) is 0 Å². The molecule has 1 aromatic carbocycles. The van der Waals surface area contributed by atoms with Crippen LogP contribution in [0.2, 0.25) is 0 Å². The zero-order valence-electron chi connectivity index (χ0n) is 13.9. The summed E-state index contributed by atoms with van der Waals surface area (Å²) in [7, 11) is 1.25. The summed E-state index contributed by atoms with van der Waals surface area (Å²) >= 11 is 1.25. The molecule has 3 rings (SSSR count). The monoisotopic (exact) mass is 378 g/mol. The summed E-state index contributed by atoms with van der Waals surface area (Å²) in [6.45, 7) is 3.71. The number of benzene rings is 1. The van der Waals surface area contributed by atoms with E-state index in [-0.39, 0.29) is 0 Å². The molecule has 2 saturated heterocycles. The number of ether oxygens (including phenoxy) is 1. The third-order valence-electron chi connectivity index (χ3n) is 4.47. The Balaban J connectivity index is 1.82. The smallest absolute Gasteiger partial charge is 0.330 e. The van der Waals surface area contributed by atoms with E-state index in [9.17, 15) is 24.6 Å². The maximum Gasteiger partial charge on any atom is 0.330 e. The van der Waals surface area contributed by atoms with Crippen molar-refractivity contribution in [3.8, 4) is 0 Å². The van der Waals surface area contributed by atoms with E-state index in [1.54, 1.807) is 30.3 Å². The first-order chi connectivity index (χ1) is 12.3. The molecule has 0 radical (unpaired) electrons. The zero-order chi connectivity index (χ0) is 19.1. The Hall–Kier alpha value is -2.36. The van der Waals surface area contributed by atoms with E-state index in [0.29, 0.717) is 16.9 Å². The highest BCUT2D eigenvalue weighted by molar-refractivity contribution is 8.00. The molecule has 0 aromatic heterocycles. The molecule has 2 fully saturated rings. The number of nitrogens with one attached hydrogen (secondary N) is 1. The van der Waals surface area contributed by atoms with Gasteiger partial charge in [-0.2, -0.15) is 0 Å². The van der Waals surface area contributed by atoms with Gasteiger partial charge >= 0.3 is 5.97 Å². The van der Waals surface area contributed by atoms with Crippen LogP contribution >= 0.6 is 11.8 Å². The predicted molar refractivity (Wildman–Crippen MR) is 92.9 cm³/mol. The van der Waals surface area contributed by atoms with Gasteiger partial charge in [0.1, 0.15) is 5.37 Å². The molecule has 2 aliphatic heterocycles. The summed E-state index contributed by atoms with van der Waals surface area (Å²) in [6, 6.07) is 7.10. The molecule has 8 nitrogen and oxygen atoms in total. The van der Waals surface area contributed by atoms with Crippen LogP contribution in [0.4, 0.5) is 0 Å². The summed E-state index contributed by atoms with van der Waals surface area (Å²) in [6.07, 6.45) is -1.48. The van der Waals surface area contributed by atoms with E-state index in [1.807, 2.05) is 0 Å². The number of β-lactam (4-membered cyclic amide) rings is 1. The molecular weight excluding hydrogens is 360 g/mol. The third kappa shape index (κ3) is 2.68. The average molecular weight is 378 g/mol.